The predicted octanol–water partition coefficient (Wildman–Crippen LogP) is 2.20. The van der Waals surface area contributed by atoms with Crippen molar-refractivity contribution in [2.75, 3.05) is 19.5 Å². The van der Waals surface area contributed by atoms with Crippen LogP contribution in [0.1, 0.15) is 12.8 Å². The lowest BCUT2D eigenvalue weighted by atomic mass is 10.1. The van der Waals surface area contributed by atoms with Crippen molar-refractivity contribution in [3.63, 3.8) is 0 Å². The van der Waals surface area contributed by atoms with E-state index in [-0.39, 0.29) is 17.6 Å². The van der Waals surface area contributed by atoms with Gasteiger partial charge in [0.1, 0.15) is 17.6 Å². The number of nitrogens with one attached hydrogen (secondary N) is 1. The van der Waals surface area contributed by atoms with E-state index in [0.717, 1.165) is 12.8 Å². The fourth-order valence-corrected chi connectivity index (χ4v) is 1.84. The van der Waals surface area contributed by atoms with E-state index in [0.29, 0.717) is 5.75 Å². The Morgan fingerprint density at radius 2 is 2.17 bits per heavy atom. The van der Waals surface area contributed by atoms with Crippen LogP contribution < -0.4 is 10.1 Å². The number of hydrogen-bond donors (Lipinski definition) is 1. The summed E-state index contributed by atoms with van der Waals surface area (Å²) in [4.78, 5) is 11.6. The summed E-state index contributed by atoms with van der Waals surface area (Å²) in [6.07, 6.45) is 1.91. The highest BCUT2D eigenvalue weighted by molar-refractivity contribution is 5.80. The predicted molar refractivity (Wildman–Crippen MR) is 65.1 cm³/mol. The molecule has 1 saturated carbocycles. The molecule has 4 nitrogen and oxygen atoms in total. The van der Waals surface area contributed by atoms with E-state index in [4.69, 9.17) is 9.47 Å². The van der Waals surface area contributed by atoms with Crippen LogP contribution in [0.25, 0.3) is 0 Å². The third kappa shape index (κ3) is 2.72. The van der Waals surface area contributed by atoms with Crippen molar-refractivity contribution in [2.45, 2.75) is 18.9 Å². The first-order valence-corrected chi connectivity index (χ1v) is 5.83. The van der Waals surface area contributed by atoms with Gasteiger partial charge >= 0.3 is 5.97 Å². The highest BCUT2D eigenvalue weighted by atomic mass is 19.1. The standard InChI is InChI=1S/C13H16FNO3/c1-17-9-5-6-10(14)11(7-9)15-12(8-3-4-8)13(16)18-2/h5-8,12,15H,3-4H2,1-2H3. The molecule has 98 valence electrons. The third-order valence-corrected chi connectivity index (χ3v) is 3.03. The van der Waals surface area contributed by atoms with Gasteiger partial charge in [0, 0.05) is 6.07 Å². The fourth-order valence-electron chi connectivity index (χ4n) is 1.84. The Morgan fingerprint density at radius 1 is 1.44 bits per heavy atom. The Balaban J connectivity index is 2.17. The number of rotatable bonds is 5. The maximum absolute atomic E-state index is 13.6. The van der Waals surface area contributed by atoms with E-state index in [1.54, 1.807) is 0 Å². The zero-order valence-electron chi connectivity index (χ0n) is 10.4. The molecule has 0 aromatic heterocycles. The average molecular weight is 253 g/mol. The fraction of sp³-hybridized carbons (Fsp3) is 0.462. The number of esters is 1. The van der Waals surface area contributed by atoms with Gasteiger partial charge < -0.3 is 14.8 Å². The summed E-state index contributed by atoms with van der Waals surface area (Å²) in [5.41, 5.74) is 0.261. The van der Waals surface area contributed by atoms with E-state index in [1.165, 1.54) is 32.4 Å². The first-order valence-electron chi connectivity index (χ1n) is 5.83. The number of benzene rings is 1. The molecule has 1 aromatic carbocycles. The topological polar surface area (TPSA) is 47.6 Å². The number of methoxy groups -OCH3 is 2. The molecule has 1 aliphatic rings. The van der Waals surface area contributed by atoms with E-state index >= 15 is 0 Å². The van der Waals surface area contributed by atoms with Gasteiger partial charge in [-0.3, -0.25) is 0 Å². The molecule has 1 aromatic rings. The lowest BCUT2D eigenvalue weighted by Gasteiger charge is -2.17. The quantitative estimate of drug-likeness (QED) is 0.817. The minimum atomic E-state index is -0.489. The Morgan fingerprint density at radius 3 is 2.72 bits per heavy atom. The second kappa shape index (κ2) is 5.25. The lowest BCUT2D eigenvalue weighted by molar-refractivity contribution is -0.142. The Labute approximate surface area is 105 Å². The van der Waals surface area contributed by atoms with Crippen LogP contribution in [0.5, 0.6) is 5.75 Å². The van der Waals surface area contributed by atoms with Crippen LogP contribution in [0.15, 0.2) is 18.2 Å². The molecule has 18 heavy (non-hydrogen) atoms. The van der Waals surface area contributed by atoms with Gasteiger partial charge in [0.15, 0.2) is 0 Å². The van der Waals surface area contributed by atoms with Gasteiger partial charge in [-0.1, -0.05) is 0 Å². The van der Waals surface area contributed by atoms with E-state index in [1.807, 2.05) is 0 Å². The highest BCUT2D eigenvalue weighted by Crippen LogP contribution is 2.35. The largest absolute Gasteiger partial charge is 0.497 e. The monoisotopic (exact) mass is 253 g/mol. The summed E-state index contributed by atoms with van der Waals surface area (Å²) in [6.45, 7) is 0. The Bertz CT molecular complexity index is 446. The van der Waals surface area contributed by atoms with Crippen molar-refractivity contribution >= 4 is 11.7 Å². The SMILES string of the molecule is COC(=O)C(Nc1cc(OC)ccc1F)C1CC1. The minimum Gasteiger partial charge on any atom is -0.497 e. The molecule has 2 rings (SSSR count). The zero-order chi connectivity index (χ0) is 13.1. The van der Waals surface area contributed by atoms with Crippen molar-refractivity contribution in [1.82, 2.24) is 0 Å². The van der Waals surface area contributed by atoms with Crippen molar-refractivity contribution in [2.24, 2.45) is 5.92 Å². The van der Waals surface area contributed by atoms with Crippen LogP contribution in [0.3, 0.4) is 0 Å². The molecular formula is C13H16FNO3. The van der Waals surface area contributed by atoms with Gasteiger partial charge in [-0.25, -0.2) is 9.18 Å². The summed E-state index contributed by atoms with van der Waals surface area (Å²) >= 11 is 0. The van der Waals surface area contributed by atoms with Crippen molar-refractivity contribution < 1.29 is 18.7 Å². The molecule has 1 atom stereocenters. The molecule has 0 heterocycles. The molecule has 1 unspecified atom stereocenters. The van der Waals surface area contributed by atoms with Crippen LogP contribution >= 0.6 is 0 Å². The van der Waals surface area contributed by atoms with Gasteiger partial charge in [-0.15, -0.1) is 0 Å². The summed E-state index contributed by atoms with van der Waals surface area (Å²) in [5, 5.41) is 2.91. The van der Waals surface area contributed by atoms with Crippen LogP contribution in [0.2, 0.25) is 0 Å². The minimum absolute atomic E-state index is 0.225. The molecule has 0 spiro atoms. The highest BCUT2D eigenvalue weighted by Gasteiger charge is 2.37. The molecule has 0 radical (unpaired) electrons. The molecule has 0 saturated heterocycles. The average Bonchev–Trinajstić information content (AvgIpc) is 3.21. The van der Waals surface area contributed by atoms with E-state index in [2.05, 4.69) is 5.32 Å². The maximum atomic E-state index is 13.6. The number of carbonyl (C=O) groups excluding carboxylic acids is 1. The number of ether oxygens (including phenoxy) is 2. The number of anilines is 1. The second-order valence-electron chi connectivity index (χ2n) is 4.33. The molecule has 0 bridgehead atoms. The number of carbonyl (C=O) groups is 1. The third-order valence-electron chi connectivity index (χ3n) is 3.03. The summed E-state index contributed by atoms with van der Waals surface area (Å²) in [6, 6.07) is 3.89. The summed E-state index contributed by atoms with van der Waals surface area (Å²) in [7, 11) is 2.84. The van der Waals surface area contributed by atoms with Crippen LogP contribution in [-0.2, 0) is 9.53 Å². The van der Waals surface area contributed by atoms with Gasteiger partial charge in [0.05, 0.1) is 19.9 Å². The van der Waals surface area contributed by atoms with Crippen LogP contribution in [-0.4, -0.2) is 26.2 Å². The first kappa shape index (κ1) is 12.7. The maximum Gasteiger partial charge on any atom is 0.328 e. The van der Waals surface area contributed by atoms with Crippen molar-refractivity contribution in [1.29, 1.82) is 0 Å². The van der Waals surface area contributed by atoms with E-state index in [9.17, 15) is 9.18 Å². The summed E-state index contributed by atoms with van der Waals surface area (Å²) in [5.74, 6) is -0.00793. The van der Waals surface area contributed by atoms with Gasteiger partial charge in [-0.05, 0) is 30.9 Å². The van der Waals surface area contributed by atoms with E-state index < -0.39 is 11.9 Å². The van der Waals surface area contributed by atoms with Crippen molar-refractivity contribution in [3.05, 3.63) is 24.0 Å². The molecule has 1 N–H and O–H groups in total. The zero-order valence-corrected chi connectivity index (χ0v) is 10.4. The molecule has 0 aliphatic heterocycles. The molecule has 0 amide bonds. The van der Waals surface area contributed by atoms with Gasteiger partial charge in [-0.2, -0.15) is 0 Å². The molecular weight excluding hydrogens is 237 g/mol. The summed E-state index contributed by atoms with van der Waals surface area (Å²) < 4.78 is 23.4. The number of hydrogen-bond acceptors (Lipinski definition) is 4. The van der Waals surface area contributed by atoms with Gasteiger partial charge in [0.25, 0.3) is 0 Å². The Hall–Kier alpha value is -1.78. The van der Waals surface area contributed by atoms with Gasteiger partial charge in [0.2, 0.25) is 0 Å². The normalized spacial score (nSPS) is 15.9. The second-order valence-corrected chi connectivity index (χ2v) is 4.33. The van der Waals surface area contributed by atoms with Crippen molar-refractivity contribution in [3.8, 4) is 5.75 Å². The van der Waals surface area contributed by atoms with Crippen LogP contribution in [0.4, 0.5) is 10.1 Å². The smallest absolute Gasteiger partial charge is 0.328 e. The first-order chi connectivity index (χ1) is 8.65. The number of halogens is 1. The molecule has 1 fully saturated rings. The molecule has 5 heteroatoms. The Kier molecular flexibility index (Phi) is 3.69. The lowest BCUT2D eigenvalue weighted by Crippen LogP contribution is -2.33. The van der Waals surface area contributed by atoms with Crippen LogP contribution in [0, 0.1) is 11.7 Å². The molecule has 1 aliphatic carbocycles.